The molecule has 8 nitrogen and oxygen atoms in total. The topological polar surface area (TPSA) is 105 Å². The van der Waals surface area contributed by atoms with Gasteiger partial charge >= 0.3 is 0 Å². The van der Waals surface area contributed by atoms with E-state index in [0.717, 1.165) is 12.2 Å². The van der Waals surface area contributed by atoms with Crippen LogP contribution >= 0.6 is 23.1 Å². The fourth-order valence-electron chi connectivity index (χ4n) is 3.24. The number of carbonyl (C=O) groups excluding carboxylic acids is 2. The van der Waals surface area contributed by atoms with Gasteiger partial charge in [0.15, 0.2) is 5.13 Å². The Bertz CT molecular complexity index is 918. The normalized spacial score (nSPS) is 16.1. The molecule has 2 heterocycles. The first kappa shape index (κ1) is 22.2. The molecule has 2 amide bonds. The molecule has 0 spiro atoms. The maximum atomic E-state index is 13.1. The van der Waals surface area contributed by atoms with Gasteiger partial charge in [0, 0.05) is 29.8 Å². The Balaban J connectivity index is 1.75. The van der Waals surface area contributed by atoms with Crippen LogP contribution in [0.1, 0.15) is 43.5 Å². The van der Waals surface area contributed by atoms with Gasteiger partial charge in [-0.3, -0.25) is 19.7 Å². The van der Waals surface area contributed by atoms with Crippen molar-refractivity contribution in [1.29, 1.82) is 0 Å². The summed E-state index contributed by atoms with van der Waals surface area (Å²) in [5.74, 6) is 0.636. The van der Waals surface area contributed by atoms with Crippen LogP contribution in [0.2, 0.25) is 0 Å². The molecule has 1 N–H and O–H groups in total. The van der Waals surface area contributed by atoms with Gasteiger partial charge in [0.2, 0.25) is 5.91 Å². The minimum absolute atomic E-state index is 0.0717. The number of anilines is 1. The molecule has 1 aliphatic rings. The third-order valence-electron chi connectivity index (χ3n) is 4.83. The molecule has 2 aromatic rings. The van der Waals surface area contributed by atoms with Crippen molar-refractivity contribution in [2.75, 3.05) is 17.6 Å². The molecule has 0 bridgehead atoms. The second-order valence-electron chi connectivity index (χ2n) is 7.45. The number of nitro groups is 1. The van der Waals surface area contributed by atoms with Crippen LogP contribution in [-0.4, -0.2) is 45.0 Å². The number of amides is 2. The van der Waals surface area contributed by atoms with E-state index >= 15 is 0 Å². The van der Waals surface area contributed by atoms with Crippen molar-refractivity contribution in [3.8, 4) is 0 Å². The van der Waals surface area contributed by atoms with Crippen molar-refractivity contribution in [2.45, 2.75) is 44.0 Å². The highest BCUT2D eigenvalue weighted by Gasteiger charge is 2.35. The van der Waals surface area contributed by atoms with Gasteiger partial charge in [0.1, 0.15) is 6.04 Å². The largest absolute Gasteiger partial charge is 0.327 e. The lowest BCUT2D eigenvalue weighted by molar-refractivity contribution is -0.387. The zero-order chi connectivity index (χ0) is 21.7. The quantitative estimate of drug-likeness (QED) is 0.364. The summed E-state index contributed by atoms with van der Waals surface area (Å²) in [6, 6.07) is 3.97. The number of rotatable bonds is 8. The van der Waals surface area contributed by atoms with E-state index in [4.69, 9.17) is 0 Å². The average Bonchev–Trinajstić information content (AvgIpc) is 3.39. The molecule has 160 valence electrons. The molecule has 1 saturated heterocycles. The first-order valence-corrected chi connectivity index (χ1v) is 11.7. The number of aromatic nitrogens is 1. The highest BCUT2D eigenvalue weighted by molar-refractivity contribution is 7.99. The lowest BCUT2D eigenvalue weighted by Crippen LogP contribution is -2.43. The number of likely N-dealkylation sites (tertiary alicyclic amines) is 1. The molecule has 0 saturated carbocycles. The van der Waals surface area contributed by atoms with Crippen molar-refractivity contribution in [2.24, 2.45) is 5.92 Å². The Labute approximate surface area is 183 Å². The number of nitrogens with zero attached hydrogens (tertiary/aromatic N) is 3. The van der Waals surface area contributed by atoms with E-state index in [1.165, 1.54) is 34.1 Å². The standard InChI is InChI=1S/C20H24N4O4S2/c1-13(2)7-10-29-17-6-5-14(12-16(17)24(27)28)19(26)23-9-3-4-15(23)18(25)22-20-21-8-11-30-20/h5-6,8,11-13,15H,3-4,7,9-10H2,1-2H3,(H,21,22,25). The first-order valence-electron chi connectivity index (χ1n) is 9.79. The lowest BCUT2D eigenvalue weighted by atomic mass is 10.1. The van der Waals surface area contributed by atoms with E-state index in [-0.39, 0.29) is 23.1 Å². The molecule has 0 radical (unpaired) electrons. The van der Waals surface area contributed by atoms with Crippen LogP contribution in [0.3, 0.4) is 0 Å². The van der Waals surface area contributed by atoms with Crippen LogP contribution in [0, 0.1) is 16.0 Å². The van der Waals surface area contributed by atoms with E-state index in [1.54, 1.807) is 23.7 Å². The molecule has 3 rings (SSSR count). The number of carbonyl (C=O) groups is 2. The van der Waals surface area contributed by atoms with E-state index in [2.05, 4.69) is 24.1 Å². The number of nitro benzene ring substituents is 1. The maximum absolute atomic E-state index is 13.1. The van der Waals surface area contributed by atoms with Crippen molar-refractivity contribution in [1.82, 2.24) is 9.88 Å². The number of thiazole rings is 1. The molecule has 1 aliphatic heterocycles. The summed E-state index contributed by atoms with van der Waals surface area (Å²) in [6.45, 7) is 4.65. The van der Waals surface area contributed by atoms with Crippen LogP contribution < -0.4 is 5.32 Å². The average molecular weight is 449 g/mol. The van der Waals surface area contributed by atoms with Crippen molar-refractivity contribution >= 4 is 45.7 Å². The summed E-state index contributed by atoms with van der Waals surface area (Å²) in [5.41, 5.74) is 0.154. The predicted octanol–water partition coefficient (Wildman–Crippen LogP) is 4.43. The van der Waals surface area contributed by atoms with E-state index in [9.17, 15) is 19.7 Å². The molecule has 1 unspecified atom stereocenters. The fraction of sp³-hybridized carbons (Fsp3) is 0.450. The summed E-state index contributed by atoms with van der Waals surface area (Å²) in [7, 11) is 0. The van der Waals surface area contributed by atoms with Gasteiger partial charge in [-0.25, -0.2) is 4.98 Å². The minimum atomic E-state index is -0.611. The zero-order valence-corrected chi connectivity index (χ0v) is 18.5. The van der Waals surface area contributed by atoms with Crippen molar-refractivity contribution in [3.05, 3.63) is 45.5 Å². The second kappa shape index (κ2) is 10.0. The first-order chi connectivity index (χ1) is 14.4. The van der Waals surface area contributed by atoms with E-state index in [0.29, 0.717) is 35.3 Å². The summed E-state index contributed by atoms with van der Waals surface area (Å²) >= 11 is 2.73. The Morgan fingerprint density at radius 2 is 2.23 bits per heavy atom. The van der Waals surface area contributed by atoms with E-state index < -0.39 is 11.0 Å². The Hall–Kier alpha value is -2.46. The molecule has 0 aliphatic carbocycles. The van der Waals surface area contributed by atoms with Gasteiger partial charge < -0.3 is 10.2 Å². The van der Waals surface area contributed by atoms with Crippen LogP contribution in [0.5, 0.6) is 0 Å². The summed E-state index contributed by atoms with van der Waals surface area (Å²) in [5, 5.41) is 16.5. The minimum Gasteiger partial charge on any atom is -0.327 e. The monoisotopic (exact) mass is 448 g/mol. The van der Waals surface area contributed by atoms with Crippen molar-refractivity contribution < 1.29 is 14.5 Å². The highest BCUT2D eigenvalue weighted by Crippen LogP contribution is 2.32. The van der Waals surface area contributed by atoms with Crippen LogP contribution in [0.25, 0.3) is 0 Å². The lowest BCUT2D eigenvalue weighted by Gasteiger charge is -2.23. The van der Waals surface area contributed by atoms with Gasteiger partial charge in [-0.2, -0.15) is 0 Å². The maximum Gasteiger partial charge on any atom is 0.283 e. The summed E-state index contributed by atoms with van der Waals surface area (Å²) in [6.07, 6.45) is 3.80. The van der Waals surface area contributed by atoms with Crippen LogP contribution in [0.4, 0.5) is 10.8 Å². The van der Waals surface area contributed by atoms with Gasteiger partial charge in [-0.05, 0) is 43.1 Å². The number of hydrogen-bond donors (Lipinski definition) is 1. The molecule has 1 fully saturated rings. The molecule has 30 heavy (non-hydrogen) atoms. The Morgan fingerprint density at radius 1 is 1.43 bits per heavy atom. The van der Waals surface area contributed by atoms with Gasteiger partial charge in [0.25, 0.3) is 11.6 Å². The molecular formula is C20H24N4O4S2. The van der Waals surface area contributed by atoms with Gasteiger partial charge in [0.05, 0.1) is 9.82 Å². The van der Waals surface area contributed by atoms with Gasteiger partial charge in [-0.1, -0.05) is 13.8 Å². The zero-order valence-electron chi connectivity index (χ0n) is 16.9. The predicted molar refractivity (Wildman–Crippen MR) is 118 cm³/mol. The van der Waals surface area contributed by atoms with E-state index in [1.807, 2.05) is 0 Å². The number of hydrogen-bond acceptors (Lipinski definition) is 7. The highest BCUT2D eigenvalue weighted by atomic mass is 32.2. The third kappa shape index (κ3) is 5.37. The Morgan fingerprint density at radius 3 is 2.90 bits per heavy atom. The van der Waals surface area contributed by atoms with Gasteiger partial charge in [-0.15, -0.1) is 23.1 Å². The molecule has 10 heteroatoms. The fourth-order valence-corrected chi connectivity index (χ4v) is 5.03. The number of thioether (sulfide) groups is 1. The summed E-state index contributed by atoms with van der Waals surface area (Å²) in [4.78, 5) is 42.9. The molecule has 1 atom stereocenters. The molecule has 1 aromatic heterocycles. The molecular weight excluding hydrogens is 424 g/mol. The third-order valence-corrected chi connectivity index (χ3v) is 6.62. The number of benzene rings is 1. The molecule has 1 aromatic carbocycles. The Kier molecular flexibility index (Phi) is 7.43. The SMILES string of the molecule is CC(C)CCSc1ccc(C(=O)N2CCCC2C(=O)Nc2nccs2)cc1[N+](=O)[O-]. The second-order valence-corrected chi connectivity index (χ2v) is 9.48. The van der Waals surface area contributed by atoms with Crippen LogP contribution in [-0.2, 0) is 4.79 Å². The van der Waals surface area contributed by atoms with Crippen molar-refractivity contribution in [3.63, 3.8) is 0 Å². The summed E-state index contributed by atoms with van der Waals surface area (Å²) < 4.78 is 0. The number of nitrogens with one attached hydrogen (secondary N) is 1. The smallest absolute Gasteiger partial charge is 0.283 e. The van der Waals surface area contributed by atoms with Crippen LogP contribution in [0.15, 0.2) is 34.7 Å².